The van der Waals surface area contributed by atoms with Crippen LogP contribution >= 0.6 is 0 Å². The lowest BCUT2D eigenvalue weighted by atomic mass is 10.3. The molecule has 2 aromatic rings. The van der Waals surface area contributed by atoms with Crippen molar-refractivity contribution in [3.05, 3.63) is 16.7 Å². The summed E-state index contributed by atoms with van der Waals surface area (Å²) < 4.78 is 8.18. The highest BCUT2D eigenvalue weighted by atomic mass is 16.5. The van der Waals surface area contributed by atoms with Crippen molar-refractivity contribution in [2.75, 3.05) is 14.1 Å². The maximum absolute atomic E-state index is 12.5. The van der Waals surface area contributed by atoms with Gasteiger partial charge < -0.3 is 19.9 Å². The van der Waals surface area contributed by atoms with Gasteiger partial charge in [-0.3, -0.25) is 19.0 Å². The molecule has 0 fully saturated rings. The molecule has 11 heteroatoms. The molecule has 1 atom stereocenters. The summed E-state index contributed by atoms with van der Waals surface area (Å²) in [5.74, 6) is -0.856. The molecule has 2 aromatic heterocycles. The van der Waals surface area contributed by atoms with Gasteiger partial charge in [-0.15, -0.1) is 0 Å². The highest BCUT2D eigenvalue weighted by molar-refractivity contribution is 5.80. The number of amides is 1. The van der Waals surface area contributed by atoms with Gasteiger partial charge in [0.05, 0.1) is 25.6 Å². The zero-order valence-corrected chi connectivity index (χ0v) is 15.7. The van der Waals surface area contributed by atoms with E-state index < -0.39 is 18.0 Å². The molecule has 2 heterocycles. The minimum atomic E-state index is -0.564. The Labute approximate surface area is 155 Å². The first-order valence-corrected chi connectivity index (χ1v) is 8.29. The molecule has 0 aliphatic rings. The van der Waals surface area contributed by atoms with Crippen molar-refractivity contribution >= 4 is 35.3 Å². The van der Waals surface area contributed by atoms with Crippen LogP contribution in [0.5, 0.6) is 0 Å². The van der Waals surface area contributed by atoms with Gasteiger partial charge in [-0.2, -0.15) is 4.98 Å². The van der Waals surface area contributed by atoms with E-state index in [1.54, 1.807) is 37.5 Å². The monoisotopic (exact) mass is 377 g/mol. The first-order valence-electron chi connectivity index (χ1n) is 8.29. The molecule has 0 aromatic carbocycles. The topological polar surface area (TPSA) is 138 Å². The average molecular weight is 377 g/mol. The highest BCUT2D eigenvalue weighted by Crippen LogP contribution is 2.13. The minimum Gasteiger partial charge on any atom is -0.461 e. The number of carbonyl (C=O) groups excluding carboxylic acids is 2. The summed E-state index contributed by atoms with van der Waals surface area (Å²) in [5.41, 5.74) is 5.24. The summed E-state index contributed by atoms with van der Waals surface area (Å²) in [6.45, 7) is 1.94. The van der Waals surface area contributed by atoms with E-state index >= 15 is 0 Å². The van der Waals surface area contributed by atoms with E-state index in [2.05, 4.69) is 15.0 Å². The number of nitrogens with two attached hydrogens (primary N) is 1. The van der Waals surface area contributed by atoms with Crippen LogP contribution in [0.25, 0.3) is 11.2 Å². The Morgan fingerprint density at radius 1 is 1.41 bits per heavy atom. The van der Waals surface area contributed by atoms with Gasteiger partial charge in [0.2, 0.25) is 11.9 Å². The van der Waals surface area contributed by atoms with Crippen molar-refractivity contribution in [3.63, 3.8) is 0 Å². The van der Waals surface area contributed by atoms with Gasteiger partial charge in [0.25, 0.3) is 5.56 Å². The molecule has 0 aliphatic carbocycles. The standard InChI is InChI=1S/C16H23N7O4/c1-10(27-12(25)6-5-11(17)24)7-23-9-18-13-14(23)20-16(19-8-21(2)3)22(4)15(13)26/h8-10H,5-7H2,1-4H3,(H2,17,24)/t10-/m1/s1. The number of fused-ring (bicyclic) bond motifs is 1. The number of aliphatic imine (C=N–C) groups is 1. The SMILES string of the molecule is C[C@H](Cn1cnc2c(=O)n(C)c(N=CN(C)C)nc21)OC(=O)CCC(N)=O. The second kappa shape index (κ2) is 8.43. The first kappa shape index (κ1) is 20.1. The largest absolute Gasteiger partial charge is 0.461 e. The Balaban J connectivity index is 2.22. The van der Waals surface area contributed by atoms with Gasteiger partial charge in [0, 0.05) is 27.6 Å². The van der Waals surface area contributed by atoms with Crippen LogP contribution in [0.1, 0.15) is 19.8 Å². The molecule has 0 saturated carbocycles. The van der Waals surface area contributed by atoms with E-state index in [1.165, 1.54) is 17.2 Å². The Morgan fingerprint density at radius 3 is 2.74 bits per heavy atom. The van der Waals surface area contributed by atoms with E-state index in [1.807, 2.05) is 0 Å². The lowest BCUT2D eigenvalue weighted by Crippen LogP contribution is -2.23. The van der Waals surface area contributed by atoms with Crippen LogP contribution in [0, 0.1) is 0 Å². The van der Waals surface area contributed by atoms with Crippen molar-refractivity contribution in [2.24, 2.45) is 17.8 Å². The molecule has 27 heavy (non-hydrogen) atoms. The van der Waals surface area contributed by atoms with Crippen LogP contribution < -0.4 is 11.3 Å². The Morgan fingerprint density at radius 2 is 2.11 bits per heavy atom. The predicted octanol–water partition coefficient (Wildman–Crippen LogP) is -0.451. The molecule has 0 radical (unpaired) electrons. The number of nitrogens with zero attached hydrogens (tertiary/aromatic N) is 6. The summed E-state index contributed by atoms with van der Waals surface area (Å²) in [6.07, 6.45) is 2.35. The second-order valence-electron chi connectivity index (χ2n) is 6.32. The fourth-order valence-electron chi connectivity index (χ4n) is 2.30. The number of carbonyl (C=O) groups is 2. The van der Waals surface area contributed by atoms with E-state index in [0.717, 1.165) is 0 Å². The van der Waals surface area contributed by atoms with Gasteiger partial charge >= 0.3 is 5.97 Å². The van der Waals surface area contributed by atoms with Crippen molar-refractivity contribution in [1.29, 1.82) is 0 Å². The van der Waals surface area contributed by atoms with Crippen molar-refractivity contribution in [3.8, 4) is 0 Å². The van der Waals surface area contributed by atoms with Crippen molar-refractivity contribution in [1.82, 2.24) is 24.0 Å². The number of imidazole rings is 1. The summed E-state index contributed by atoms with van der Waals surface area (Å²) in [7, 11) is 5.18. The molecule has 146 valence electrons. The number of hydrogen-bond acceptors (Lipinski definition) is 7. The molecule has 11 nitrogen and oxygen atoms in total. The van der Waals surface area contributed by atoms with Crippen molar-refractivity contribution in [2.45, 2.75) is 32.4 Å². The summed E-state index contributed by atoms with van der Waals surface area (Å²) in [6, 6.07) is 0. The van der Waals surface area contributed by atoms with Gasteiger partial charge in [-0.25, -0.2) is 9.98 Å². The Hall–Kier alpha value is -3.24. The maximum atomic E-state index is 12.5. The molecule has 0 aliphatic heterocycles. The number of ether oxygens (including phenoxy) is 1. The maximum Gasteiger partial charge on any atom is 0.306 e. The third-order valence-electron chi connectivity index (χ3n) is 3.59. The summed E-state index contributed by atoms with van der Waals surface area (Å²) >= 11 is 0. The molecule has 2 rings (SSSR count). The van der Waals surface area contributed by atoms with Gasteiger partial charge in [0.15, 0.2) is 11.2 Å². The molecule has 0 saturated heterocycles. The predicted molar refractivity (Wildman–Crippen MR) is 98.6 cm³/mol. The lowest BCUT2D eigenvalue weighted by molar-refractivity contribution is -0.149. The Bertz CT molecular complexity index is 929. The highest BCUT2D eigenvalue weighted by Gasteiger charge is 2.16. The van der Waals surface area contributed by atoms with Crippen LogP contribution in [-0.4, -0.2) is 62.4 Å². The van der Waals surface area contributed by atoms with Crippen LogP contribution in [0.15, 0.2) is 16.1 Å². The van der Waals surface area contributed by atoms with Crippen LogP contribution in [0.2, 0.25) is 0 Å². The third kappa shape index (κ3) is 5.12. The van der Waals surface area contributed by atoms with Gasteiger partial charge in [-0.05, 0) is 6.92 Å². The summed E-state index contributed by atoms with van der Waals surface area (Å²) in [4.78, 5) is 49.3. The molecular weight excluding hydrogens is 354 g/mol. The average Bonchev–Trinajstić information content (AvgIpc) is 2.97. The van der Waals surface area contributed by atoms with E-state index in [9.17, 15) is 14.4 Å². The summed E-state index contributed by atoms with van der Waals surface area (Å²) in [5, 5.41) is 0. The van der Waals surface area contributed by atoms with Crippen LogP contribution in [-0.2, 0) is 27.9 Å². The second-order valence-corrected chi connectivity index (χ2v) is 6.32. The molecule has 2 N–H and O–H groups in total. The quantitative estimate of drug-likeness (QED) is 0.373. The van der Waals surface area contributed by atoms with Crippen molar-refractivity contribution < 1.29 is 14.3 Å². The molecule has 1 amide bonds. The number of rotatable bonds is 8. The molecule has 0 unspecified atom stereocenters. The fourth-order valence-corrected chi connectivity index (χ4v) is 2.30. The van der Waals surface area contributed by atoms with Gasteiger partial charge in [0.1, 0.15) is 6.10 Å². The first-order chi connectivity index (χ1) is 12.7. The lowest BCUT2D eigenvalue weighted by Gasteiger charge is -2.14. The normalized spacial score (nSPS) is 12.4. The van der Waals surface area contributed by atoms with Crippen LogP contribution in [0.4, 0.5) is 5.95 Å². The fraction of sp³-hybridized carbons (Fsp3) is 0.500. The Kier molecular flexibility index (Phi) is 6.27. The van der Waals surface area contributed by atoms with Gasteiger partial charge in [-0.1, -0.05) is 0 Å². The third-order valence-corrected chi connectivity index (χ3v) is 3.59. The zero-order chi connectivity index (χ0) is 20.1. The van der Waals surface area contributed by atoms with E-state index in [4.69, 9.17) is 10.5 Å². The number of aromatic nitrogens is 4. The molecular formula is C16H23N7O4. The smallest absolute Gasteiger partial charge is 0.306 e. The van der Waals surface area contributed by atoms with E-state index in [0.29, 0.717) is 5.65 Å². The minimum absolute atomic E-state index is 0.0651. The van der Waals surface area contributed by atoms with E-state index in [-0.39, 0.29) is 36.4 Å². The number of esters is 1. The zero-order valence-electron chi connectivity index (χ0n) is 15.7. The number of hydrogen-bond donors (Lipinski definition) is 1. The molecule has 0 bridgehead atoms. The van der Waals surface area contributed by atoms with Crippen LogP contribution in [0.3, 0.4) is 0 Å². The number of primary amides is 1. The molecule has 0 spiro atoms.